The molecule has 0 aliphatic heterocycles. The monoisotopic (exact) mass is 370 g/mol. The first-order valence-corrected chi connectivity index (χ1v) is 8.63. The van der Waals surface area contributed by atoms with Crippen LogP contribution in [0.25, 0.3) is 0 Å². The van der Waals surface area contributed by atoms with Crippen LogP contribution in [0.3, 0.4) is 0 Å². The first-order valence-electron chi connectivity index (χ1n) is 8.63. The molecule has 0 spiro atoms. The minimum atomic E-state index is -0.791. The van der Waals surface area contributed by atoms with Crippen LogP contribution in [0.5, 0.6) is 0 Å². The highest BCUT2D eigenvalue weighted by molar-refractivity contribution is 5.95. The second-order valence-electron chi connectivity index (χ2n) is 6.31. The van der Waals surface area contributed by atoms with Crippen molar-refractivity contribution in [1.29, 1.82) is 0 Å². The third-order valence-electron chi connectivity index (χ3n) is 4.35. The lowest BCUT2D eigenvalue weighted by molar-refractivity contribution is -0.385. The fourth-order valence-electron chi connectivity index (χ4n) is 2.48. The summed E-state index contributed by atoms with van der Waals surface area (Å²) in [6.07, 6.45) is 1.03. The summed E-state index contributed by atoms with van der Waals surface area (Å²) in [5.41, 5.74) is 2.08. The molecular weight excluding hydrogens is 348 g/mol. The van der Waals surface area contributed by atoms with Gasteiger partial charge < -0.3 is 10.1 Å². The van der Waals surface area contributed by atoms with Crippen molar-refractivity contribution < 1.29 is 19.2 Å². The van der Waals surface area contributed by atoms with Crippen LogP contribution < -0.4 is 5.32 Å². The molecule has 7 heteroatoms. The molecular formula is C20H22N2O5. The van der Waals surface area contributed by atoms with Crippen molar-refractivity contribution in [3.8, 4) is 0 Å². The lowest BCUT2D eigenvalue weighted by Crippen LogP contribution is -2.21. The number of hydrogen-bond acceptors (Lipinski definition) is 5. The second-order valence-corrected chi connectivity index (χ2v) is 6.31. The van der Waals surface area contributed by atoms with Gasteiger partial charge in [-0.25, -0.2) is 4.79 Å². The van der Waals surface area contributed by atoms with Gasteiger partial charge in [0.05, 0.1) is 10.5 Å². The minimum Gasteiger partial charge on any atom is -0.452 e. The van der Waals surface area contributed by atoms with Gasteiger partial charge in [0.15, 0.2) is 6.61 Å². The lowest BCUT2D eigenvalue weighted by Gasteiger charge is -2.11. The number of anilines is 1. The molecule has 27 heavy (non-hydrogen) atoms. The van der Waals surface area contributed by atoms with Crippen LogP contribution >= 0.6 is 0 Å². The largest absolute Gasteiger partial charge is 0.452 e. The molecule has 0 heterocycles. The van der Waals surface area contributed by atoms with Crippen LogP contribution in [0.15, 0.2) is 42.5 Å². The van der Waals surface area contributed by atoms with Gasteiger partial charge in [0, 0.05) is 17.3 Å². The number of esters is 1. The van der Waals surface area contributed by atoms with E-state index in [1.165, 1.54) is 17.7 Å². The Morgan fingerprint density at radius 1 is 1.19 bits per heavy atom. The number of carbonyl (C=O) groups is 2. The van der Waals surface area contributed by atoms with Crippen LogP contribution in [0.2, 0.25) is 0 Å². The van der Waals surface area contributed by atoms with E-state index in [0.29, 0.717) is 17.2 Å². The van der Waals surface area contributed by atoms with Gasteiger partial charge in [-0.2, -0.15) is 0 Å². The maximum Gasteiger partial charge on any atom is 0.338 e. The Kier molecular flexibility index (Phi) is 6.65. The molecule has 0 saturated carbocycles. The van der Waals surface area contributed by atoms with E-state index in [1.807, 2.05) is 12.1 Å². The number of hydrogen-bond donors (Lipinski definition) is 1. The van der Waals surface area contributed by atoms with Crippen LogP contribution in [0.1, 0.15) is 47.7 Å². The Bertz CT molecular complexity index is 846. The van der Waals surface area contributed by atoms with Gasteiger partial charge in [0.25, 0.3) is 11.6 Å². The molecule has 1 atom stereocenters. The minimum absolute atomic E-state index is 0.0259. The fraction of sp³-hybridized carbons (Fsp3) is 0.300. The number of nitro benzene ring substituents is 1. The Morgan fingerprint density at radius 3 is 2.44 bits per heavy atom. The number of amides is 1. The summed E-state index contributed by atoms with van der Waals surface area (Å²) in [6, 6.07) is 11.5. The third-order valence-corrected chi connectivity index (χ3v) is 4.35. The van der Waals surface area contributed by atoms with Gasteiger partial charge in [-0.05, 0) is 43.0 Å². The van der Waals surface area contributed by atoms with Gasteiger partial charge in [-0.1, -0.05) is 32.0 Å². The molecule has 142 valence electrons. The van der Waals surface area contributed by atoms with Crippen molar-refractivity contribution in [2.45, 2.75) is 33.1 Å². The molecule has 0 fully saturated rings. The molecule has 1 N–H and O–H groups in total. The first-order chi connectivity index (χ1) is 12.8. The number of ether oxygens (including phenoxy) is 1. The normalized spacial score (nSPS) is 11.5. The average molecular weight is 370 g/mol. The molecule has 2 rings (SSSR count). The molecule has 7 nitrogen and oxygen atoms in total. The summed E-state index contributed by atoms with van der Waals surface area (Å²) >= 11 is 0. The highest BCUT2D eigenvalue weighted by atomic mass is 16.6. The zero-order valence-electron chi connectivity index (χ0n) is 15.5. The van der Waals surface area contributed by atoms with Crippen LogP contribution in [-0.4, -0.2) is 23.4 Å². The maximum atomic E-state index is 12.0. The zero-order valence-corrected chi connectivity index (χ0v) is 15.5. The summed E-state index contributed by atoms with van der Waals surface area (Å²) in [5.74, 6) is -0.837. The van der Waals surface area contributed by atoms with Gasteiger partial charge in [0.2, 0.25) is 0 Å². The van der Waals surface area contributed by atoms with Crippen molar-refractivity contribution in [2.75, 3.05) is 11.9 Å². The lowest BCUT2D eigenvalue weighted by atomic mass is 9.99. The van der Waals surface area contributed by atoms with E-state index in [2.05, 4.69) is 19.2 Å². The fourth-order valence-corrected chi connectivity index (χ4v) is 2.48. The molecule has 1 amide bonds. The summed E-state index contributed by atoms with van der Waals surface area (Å²) < 4.78 is 4.94. The summed E-state index contributed by atoms with van der Waals surface area (Å²) in [6.45, 7) is 5.33. The van der Waals surface area contributed by atoms with E-state index in [-0.39, 0.29) is 11.3 Å². The van der Waals surface area contributed by atoms with Gasteiger partial charge in [-0.3, -0.25) is 14.9 Å². The third kappa shape index (κ3) is 5.37. The molecule has 0 aromatic heterocycles. The molecule has 0 bridgehead atoms. The average Bonchev–Trinajstić information content (AvgIpc) is 2.66. The smallest absolute Gasteiger partial charge is 0.338 e. The number of nitrogens with zero attached hydrogens (tertiary/aromatic N) is 1. The van der Waals surface area contributed by atoms with Crippen LogP contribution in [0.4, 0.5) is 11.4 Å². The number of benzene rings is 2. The second kappa shape index (κ2) is 8.93. The van der Waals surface area contributed by atoms with Crippen molar-refractivity contribution in [3.05, 3.63) is 69.3 Å². The topological polar surface area (TPSA) is 98.5 Å². The SMILES string of the molecule is CC[C@H](C)c1ccc(NC(=O)COC(=O)c2ccc(C)c([N+](=O)[O-])c2)cc1. The standard InChI is InChI=1S/C20H22N2O5/c1-4-13(2)15-7-9-17(10-8-15)21-19(23)12-27-20(24)16-6-5-14(3)18(11-16)22(25)26/h5-11,13H,4,12H2,1-3H3,(H,21,23)/t13-/m0/s1. The maximum absolute atomic E-state index is 12.0. The summed E-state index contributed by atoms with van der Waals surface area (Å²) in [4.78, 5) is 34.3. The van der Waals surface area contributed by atoms with Crippen molar-refractivity contribution in [3.63, 3.8) is 0 Å². The predicted octanol–water partition coefficient (Wildman–Crippen LogP) is 4.21. The Morgan fingerprint density at radius 2 is 1.85 bits per heavy atom. The quantitative estimate of drug-likeness (QED) is 0.447. The number of nitro groups is 1. The van der Waals surface area contributed by atoms with E-state index >= 15 is 0 Å². The van der Waals surface area contributed by atoms with Crippen molar-refractivity contribution >= 4 is 23.3 Å². The molecule has 0 aliphatic carbocycles. The van der Waals surface area contributed by atoms with Gasteiger partial charge in [-0.15, -0.1) is 0 Å². The highest BCUT2D eigenvalue weighted by Gasteiger charge is 2.17. The molecule has 0 saturated heterocycles. The summed E-state index contributed by atoms with van der Waals surface area (Å²) in [5, 5.41) is 13.6. The molecule has 2 aromatic carbocycles. The number of aryl methyl sites for hydroxylation is 1. The number of nitrogens with one attached hydrogen (secondary N) is 1. The molecule has 0 aliphatic rings. The Hall–Kier alpha value is -3.22. The van der Waals surface area contributed by atoms with Gasteiger partial charge in [0.1, 0.15) is 0 Å². The molecule has 0 radical (unpaired) electrons. The van der Waals surface area contributed by atoms with E-state index in [4.69, 9.17) is 4.74 Å². The van der Waals surface area contributed by atoms with Crippen molar-refractivity contribution in [2.24, 2.45) is 0 Å². The Balaban J connectivity index is 1.92. The van der Waals surface area contributed by atoms with E-state index < -0.39 is 23.4 Å². The number of carbonyl (C=O) groups excluding carboxylic acids is 2. The highest BCUT2D eigenvalue weighted by Crippen LogP contribution is 2.21. The molecule has 2 aromatic rings. The van der Waals surface area contributed by atoms with E-state index in [9.17, 15) is 19.7 Å². The van der Waals surface area contributed by atoms with Crippen molar-refractivity contribution in [1.82, 2.24) is 0 Å². The van der Waals surface area contributed by atoms with E-state index in [1.54, 1.807) is 19.1 Å². The van der Waals surface area contributed by atoms with Crippen LogP contribution in [0, 0.1) is 17.0 Å². The Labute approximate surface area is 157 Å². The number of rotatable bonds is 7. The predicted molar refractivity (Wildman–Crippen MR) is 102 cm³/mol. The first kappa shape index (κ1) is 20.1. The molecule has 0 unspecified atom stereocenters. The summed E-state index contributed by atoms with van der Waals surface area (Å²) in [7, 11) is 0. The van der Waals surface area contributed by atoms with Crippen LogP contribution in [-0.2, 0) is 9.53 Å². The van der Waals surface area contributed by atoms with E-state index in [0.717, 1.165) is 12.5 Å². The zero-order chi connectivity index (χ0) is 20.0. The van der Waals surface area contributed by atoms with Gasteiger partial charge >= 0.3 is 5.97 Å².